The average molecular weight is 479 g/mol. The van der Waals surface area contributed by atoms with E-state index in [1.807, 2.05) is 24.3 Å². The largest absolute Gasteiger partial charge is 0.507 e. The molecule has 7 heteroatoms. The molecule has 1 atom stereocenters. The molecule has 0 aliphatic carbocycles. The molecular formula is C28H34N2O5. The van der Waals surface area contributed by atoms with E-state index in [4.69, 9.17) is 9.47 Å². The summed E-state index contributed by atoms with van der Waals surface area (Å²) in [5, 5.41) is 11.2. The Balaban J connectivity index is 1.67. The van der Waals surface area contributed by atoms with Crippen molar-refractivity contribution in [3.05, 3.63) is 70.8 Å². The molecule has 2 heterocycles. The summed E-state index contributed by atoms with van der Waals surface area (Å²) in [6.45, 7) is 8.67. The van der Waals surface area contributed by atoms with Crippen LogP contribution in [0.25, 0.3) is 5.76 Å². The van der Waals surface area contributed by atoms with Crippen LogP contribution >= 0.6 is 0 Å². The molecule has 0 spiro atoms. The minimum Gasteiger partial charge on any atom is -0.507 e. The molecule has 2 aliphatic rings. The van der Waals surface area contributed by atoms with Crippen molar-refractivity contribution >= 4 is 17.4 Å². The van der Waals surface area contributed by atoms with E-state index in [0.29, 0.717) is 37.0 Å². The van der Waals surface area contributed by atoms with Crippen LogP contribution in [-0.4, -0.2) is 73.1 Å². The van der Waals surface area contributed by atoms with E-state index in [9.17, 15) is 14.7 Å². The monoisotopic (exact) mass is 478 g/mol. The number of carbonyl (C=O) groups excluding carboxylic acids is 2. The molecule has 0 aromatic heterocycles. The van der Waals surface area contributed by atoms with Gasteiger partial charge in [0.1, 0.15) is 11.5 Å². The number of hydrogen-bond donors (Lipinski definition) is 1. The maximum Gasteiger partial charge on any atom is 0.295 e. The maximum absolute atomic E-state index is 13.2. The van der Waals surface area contributed by atoms with E-state index in [0.717, 1.165) is 31.6 Å². The number of nitrogens with zero attached hydrogens (tertiary/aromatic N) is 2. The minimum atomic E-state index is -0.650. The van der Waals surface area contributed by atoms with Gasteiger partial charge in [0.05, 0.1) is 31.9 Å². The number of rotatable bonds is 8. The zero-order chi connectivity index (χ0) is 24.9. The first-order valence-corrected chi connectivity index (χ1v) is 12.2. The Hall–Kier alpha value is -3.16. The number of aliphatic hydroxyl groups is 1. The van der Waals surface area contributed by atoms with Crippen LogP contribution in [0.3, 0.4) is 0 Å². The Morgan fingerprint density at radius 3 is 2.29 bits per heavy atom. The molecule has 2 fully saturated rings. The van der Waals surface area contributed by atoms with Gasteiger partial charge in [-0.2, -0.15) is 0 Å². The number of hydrogen-bond acceptors (Lipinski definition) is 6. The van der Waals surface area contributed by atoms with Crippen molar-refractivity contribution in [2.45, 2.75) is 32.2 Å². The zero-order valence-electron chi connectivity index (χ0n) is 20.7. The lowest BCUT2D eigenvalue weighted by Gasteiger charge is -2.29. The van der Waals surface area contributed by atoms with Crippen molar-refractivity contribution in [3.8, 4) is 5.75 Å². The lowest BCUT2D eigenvalue weighted by Crippen LogP contribution is -2.38. The van der Waals surface area contributed by atoms with Crippen molar-refractivity contribution in [1.29, 1.82) is 0 Å². The van der Waals surface area contributed by atoms with E-state index in [-0.39, 0.29) is 11.3 Å². The van der Waals surface area contributed by atoms with Crippen LogP contribution in [0.2, 0.25) is 0 Å². The van der Waals surface area contributed by atoms with Crippen molar-refractivity contribution in [1.82, 2.24) is 9.80 Å². The molecule has 0 bridgehead atoms. The van der Waals surface area contributed by atoms with E-state index >= 15 is 0 Å². The Kier molecular flexibility index (Phi) is 7.88. The number of methoxy groups -OCH3 is 1. The fraction of sp³-hybridized carbons (Fsp3) is 0.429. The molecule has 4 rings (SSSR count). The summed E-state index contributed by atoms with van der Waals surface area (Å²) in [5.74, 6) is -0.378. The number of ketones is 1. The molecule has 2 saturated heterocycles. The van der Waals surface area contributed by atoms with E-state index in [1.165, 1.54) is 5.56 Å². The smallest absolute Gasteiger partial charge is 0.295 e. The summed E-state index contributed by atoms with van der Waals surface area (Å²) in [6, 6.07) is 14.2. The van der Waals surface area contributed by atoms with Gasteiger partial charge in [-0.25, -0.2) is 0 Å². The van der Waals surface area contributed by atoms with Crippen LogP contribution in [0, 0.1) is 0 Å². The molecule has 2 aliphatic heterocycles. The van der Waals surface area contributed by atoms with E-state index in [2.05, 4.69) is 18.7 Å². The molecule has 1 amide bonds. The third-order valence-corrected chi connectivity index (χ3v) is 6.80. The summed E-state index contributed by atoms with van der Waals surface area (Å²) in [6.07, 6.45) is 0.732. The highest BCUT2D eigenvalue weighted by molar-refractivity contribution is 6.46. The quantitative estimate of drug-likeness (QED) is 0.352. The zero-order valence-corrected chi connectivity index (χ0v) is 20.7. The highest BCUT2D eigenvalue weighted by atomic mass is 16.5. The fourth-order valence-corrected chi connectivity index (χ4v) is 4.71. The second kappa shape index (κ2) is 11.1. The van der Waals surface area contributed by atoms with E-state index < -0.39 is 17.7 Å². The number of aliphatic hydroxyl groups excluding tert-OH is 1. The lowest BCUT2D eigenvalue weighted by molar-refractivity contribution is -0.140. The van der Waals surface area contributed by atoms with Crippen LogP contribution in [0.15, 0.2) is 54.1 Å². The first-order chi connectivity index (χ1) is 16.9. The fourth-order valence-electron chi connectivity index (χ4n) is 4.71. The summed E-state index contributed by atoms with van der Waals surface area (Å²) in [4.78, 5) is 30.3. The minimum absolute atomic E-state index is 0.129. The molecule has 0 radical (unpaired) electrons. The highest BCUT2D eigenvalue weighted by Crippen LogP contribution is 2.40. The van der Waals surface area contributed by atoms with Crippen molar-refractivity contribution in [2.75, 3.05) is 46.5 Å². The molecule has 2 aromatic rings. The molecular weight excluding hydrogens is 444 g/mol. The van der Waals surface area contributed by atoms with Gasteiger partial charge in [-0.1, -0.05) is 38.1 Å². The molecule has 1 N–H and O–H groups in total. The highest BCUT2D eigenvalue weighted by Gasteiger charge is 2.45. The Morgan fingerprint density at radius 2 is 1.69 bits per heavy atom. The third kappa shape index (κ3) is 5.41. The van der Waals surface area contributed by atoms with Crippen LogP contribution in [0.5, 0.6) is 5.75 Å². The predicted molar refractivity (Wildman–Crippen MR) is 134 cm³/mol. The van der Waals surface area contributed by atoms with Gasteiger partial charge in [0.2, 0.25) is 0 Å². The number of likely N-dealkylation sites (tertiary alicyclic amines) is 1. The summed E-state index contributed by atoms with van der Waals surface area (Å²) < 4.78 is 10.6. The summed E-state index contributed by atoms with van der Waals surface area (Å²) in [7, 11) is 1.57. The van der Waals surface area contributed by atoms with Crippen molar-refractivity contribution in [2.24, 2.45) is 0 Å². The topological polar surface area (TPSA) is 79.3 Å². The third-order valence-electron chi connectivity index (χ3n) is 6.80. The number of Topliss-reactive ketones (excluding diaryl/α,β-unsaturated/α-hetero) is 1. The standard InChI is InChI=1S/C28H34N2O5/c1-19(2)20-5-7-21(8-6-20)25-24(26(31)22-9-11-23(34-3)12-10-22)27(32)28(33)30(25)14-4-13-29-15-17-35-18-16-29/h5-12,19,25,31H,4,13-18H2,1-3H3/t25-/m1/s1. The van der Waals surface area contributed by atoms with Gasteiger partial charge in [-0.15, -0.1) is 0 Å². The number of amides is 1. The normalized spacial score (nSPS) is 20.6. The maximum atomic E-state index is 13.2. The number of carbonyl (C=O) groups is 2. The summed E-state index contributed by atoms with van der Waals surface area (Å²) >= 11 is 0. The van der Waals surface area contributed by atoms with Crippen LogP contribution in [0.4, 0.5) is 0 Å². The summed E-state index contributed by atoms with van der Waals surface area (Å²) in [5.41, 5.74) is 2.59. The van der Waals surface area contributed by atoms with Crippen molar-refractivity contribution in [3.63, 3.8) is 0 Å². The lowest BCUT2D eigenvalue weighted by atomic mass is 9.93. The van der Waals surface area contributed by atoms with Gasteiger partial charge < -0.3 is 19.5 Å². The second-order valence-corrected chi connectivity index (χ2v) is 9.35. The van der Waals surface area contributed by atoms with Crippen LogP contribution < -0.4 is 4.74 Å². The van der Waals surface area contributed by atoms with Gasteiger partial charge in [0.15, 0.2) is 0 Å². The average Bonchev–Trinajstić information content (AvgIpc) is 3.14. The van der Waals surface area contributed by atoms with Gasteiger partial charge in [-0.3, -0.25) is 14.5 Å². The molecule has 186 valence electrons. The first-order valence-electron chi connectivity index (χ1n) is 12.2. The van der Waals surface area contributed by atoms with Gasteiger partial charge in [0, 0.05) is 31.7 Å². The van der Waals surface area contributed by atoms with E-state index in [1.54, 1.807) is 36.3 Å². The SMILES string of the molecule is COc1ccc(C(O)=C2C(=O)C(=O)N(CCCN3CCOCC3)[C@@H]2c2ccc(C(C)C)cc2)cc1. The number of benzene rings is 2. The van der Waals surface area contributed by atoms with Gasteiger partial charge >= 0.3 is 0 Å². The Morgan fingerprint density at radius 1 is 1.03 bits per heavy atom. The van der Waals surface area contributed by atoms with Gasteiger partial charge in [-0.05, 0) is 47.7 Å². The second-order valence-electron chi connectivity index (χ2n) is 9.35. The Bertz CT molecular complexity index is 1070. The number of morpholine rings is 1. The molecule has 0 unspecified atom stereocenters. The Labute approximate surface area is 206 Å². The van der Waals surface area contributed by atoms with Crippen LogP contribution in [-0.2, 0) is 14.3 Å². The first kappa shape index (κ1) is 24.9. The van der Waals surface area contributed by atoms with Gasteiger partial charge in [0.25, 0.3) is 11.7 Å². The van der Waals surface area contributed by atoms with Crippen LogP contribution in [0.1, 0.15) is 48.9 Å². The molecule has 0 saturated carbocycles. The molecule has 35 heavy (non-hydrogen) atoms. The number of ether oxygens (including phenoxy) is 2. The predicted octanol–water partition coefficient (Wildman–Crippen LogP) is 3.96. The molecule has 7 nitrogen and oxygen atoms in total. The molecule has 2 aromatic carbocycles. The van der Waals surface area contributed by atoms with Crippen molar-refractivity contribution < 1.29 is 24.2 Å².